The molecule has 1 unspecified atom stereocenters. The Morgan fingerprint density at radius 2 is 1.50 bits per heavy atom. The summed E-state index contributed by atoms with van der Waals surface area (Å²) >= 11 is 0. The molecule has 1 amide bonds. The van der Waals surface area contributed by atoms with Gasteiger partial charge in [-0.1, -0.05) is 75.3 Å². The normalized spacial score (nSPS) is 13.0. The summed E-state index contributed by atoms with van der Waals surface area (Å²) in [4.78, 5) is 23.7. The number of methoxy groups -OCH3 is 1. The fourth-order valence-corrected chi connectivity index (χ4v) is 3.29. The lowest BCUT2D eigenvalue weighted by Crippen LogP contribution is -2.48. The molecule has 1 rings (SSSR count). The van der Waals surface area contributed by atoms with Crippen LogP contribution in [0.15, 0.2) is 30.3 Å². The van der Waals surface area contributed by atoms with E-state index < -0.39 is 18.1 Å². The number of carbonyl (C=O) groups is 2. The zero-order valence-electron chi connectivity index (χ0n) is 18.6. The van der Waals surface area contributed by atoms with E-state index in [1.54, 1.807) is 14.0 Å². The average molecular weight is 422 g/mol. The second kappa shape index (κ2) is 16.8. The molecule has 1 aromatic carbocycles. The van der Waals surface area contributed by atoms with Crippen LogP contribution in [0.3, 0.4) is 0 Å². The van der Waals surface area contributed by atoms with Crippen molar-refractivity contribution in [3.8, 4) is 0 Å². The molecule has 0 radical (unpaired) electrons. The molecule has 0 saturated heterocycles. The number of hydrogen-bond donors (Lipinski definition) is 2. The van der Waals surface area contributed by atoms with E-state index in [1.165, 1.54) is 32.1 Å². The van der Waals surface area contributed by atoms with Crippen molar-refractivity contribution in [2.24, 2.45) is 0 Å². The van der Waals surface area contributed by atoms with Crippen LogP contribution < -0.4 is 5.32 Å². The lowest BCUT2D eigenvalue weighted by Gasteiger charge is -2.22. The fraction of sp³-hybridized carbons (Fsp3) is 0.667. The molecule has 170 valence electrons. The molecule has 6 heteroatoms. The Kier molecular flexibility index (Phi) is 14.7. The number of carboxylic acids is 1. The number of unbranched alkanes of at least 4 members (excludes halogenated alkanes) is 8. The van der Waals surface area contributed by atoms with Crippen LogP contribution in [0.1, 0.15) is 76.7 Å². The zero-order chi connectivity index (χ0) is 22.0. The molecule has 30 heavy (non-hydrogen) atoms. The lowest BCUT2D eigenvalue weighted by molar-refractivity contribution is -0.146. The summed E-state index contributed by atoms with van der Waals surface area (Å²) in [7, 11) is 1.74. The fourth-order valence-electron chi connectivity index (χ4n) is 3.29. The van der Waals surface area contributed by atoms with Crippen LogP contribution in [0.5, 0.6) is 0 Å². The standard InChI is InChI=1S/C24H39NO5/c1-20(30-19-21-15-11-10-12-16-21)23(24(27)28)25-22(26)17-13-8-6-4-3-5-7-9-14-18-29-2/h10-12,15-16,20,23H,3-9,13-14,17-19H2,1-2H3,(H,25,26)(H,27,28)/t20?,23-/m1/s1. The molecule has 1 aromatic rings. The van der Waals surface area contributed by atoms with E-state index in [2.05, 4.69) is 5.32 Å². The van der Waals surface area contributed by atoms with Crippen LogP contribution in [-0.2, 0) is 25.7 Å². The van der Waals surface area contributed by atoms with Gasteiger partial charge in [-0.3, -0.25) is 4.79 Å². The average Bonchev–Trinajstić information content (AvgIpc) is 2.74. The van der Waals surface area contributed by atoms with Gasteiger partial charge in [-0.05, 0) is 25.3 Å². The summed E-state index contributed by atoms with van der Waals surface area (Å²) in [5.74, 6) is -1.30. The van der Waals surface area contributed by atoms with Crippen molar-refractivity contribution in [2.75, 3.05) is 13.7 Å². The van der Waals surface area contributed by atoms with Crippen LogP contribution in [0, 0.1) is 0 Å². The first-order valence-corrected chi connectivity index (χ1v) is 11.2. The number of ether oxygens (including phenoxy) is 2. The molecule has 0 aromatic heterocycles. The van der Waals surface area contributed by atoms with Gasteiger partial charge in [-0.25, -0.2) is 4.79 Å². The first-order valence-electron chi connectivity index (χ1n) is 11.2. The Morgan fingerprint density at radius 3 is 2.07 bits per heavy atom. The number of carbonyl (C=O) groups excluding carboxylic acids is 1. The third-order valence-electron chi connectivity index (χ3n) is 5.16. The summed E-state index contributed by atoms with van der Waals surface area (Å²) in [6, 6.07) is 8.52. The van der Waals surface area contributed by atoms with E-state index in [-0.39, 0.29) is 5.91 Å². The lowest BCUT2D eigenvalue weighted by atomic mass is 10.1. The maximum absolute atomic E-state index is 12.2. The quantitative estimate of drug-likeness (QED) is 0.335. The van der Waals surface area contributed by atoms with E-state index >= 15 is 0 Å². The largest absolute Gasteiger partial charge is 0.480 e. The number of amides is 1. The van der Waals surface area contributed by atoms with Crippen LogP contribution in [0.2, 0.25) is 0 Å². The molecule has 0 fully saturated rings. The molecule has 0 aliphatic heterocycles. The second-order valence-electron chi connectivity index (χ2n) is 7.81. The number of nitrogens with one attached hydrogen (secondary N) is 1. The van der Waals surface area contributed by atoms with E-state index in [9.17, 15) is 14.7 Å². The highest BCUT2D eigenvalue weighted by Crippen LogP contribution is 2.11. The third kappa shape index (κ3) is 12.6. The first kappa shape index (κ1) is 26.1. The number of aliphatic carboxylic acids is 1. The second-order valence-corrected chi connectivity index (χ2v) is 7.81. The highest BCUT2D eigenvalue weighted by Gasteiger charge is 2.27. The van der Waals surface area contributed by atoms with Crippen LogP contribution in [0.4, 0.5) is 0 Å². The van der Waals surface area contributed by atoms with Gasteiger partial charge in [0.1, 0.15) is 0 Å². The van der Waals surface area contributed by atoms with E-state index in [0.717, 1.165) is 37.9 Å². The van der Waals surface area contributed by atoms with Crippen LogP contribution >= 0.6 is 0 Å². The molecular formula is C24H39NO5. The summed E-state index contributed by atoms with van der Waals surface area (Å²) < 4.78 is 10.7. The monoisotopic (exact) mass is 421 g/mol. The van der Waals surface area contributed by atoms with Crippen molar-refractivity contribution in [3.05, 3.63) is 35.9 Å². The van der Waals surface area contributed by atoms with Gasteiger partial charge in [-0.2, -0.15) is 0 Å². The Labute approximate surface area is 181 Å². The van der Waals surface area contributed by atoms with Crippen molar-refractivity contribution < 1.29 is 24.2 Å². The number of rotatable bonds is 18. The third-order valence-corrected chi connectivity index (χ3v) is 5.16. The first-order chi connectivity index (χ1) is 14.5. The molecule has 0 aliphatic carbocycles. The van der Waals surface area contributed by atoms with Gasteiger partial charge >= 0.3 is 5.97 Å². The molecule has 2 N–H and O–H groups in total. The highest BCUT2D eigenvalue weighted by atomic mass is 16.5. The molecule has 6 nitrogen and oxygen atoms in total. The summed E-state index contributed by atoms with van der Waals surface area (Å²) in [6.45, 7) is 2.84. The van der Waals surface area contributed by atoms with E-state index in [1.807, 2.05) is 30.3 Å². The van der Waals surface area contributed by atoms with Crippen LogP contribution in [-0.4, -0.2) is 42.8 Å². The van der Waals surface area contributed by atoms with Gasteiger partial charge in [0.15, 0.2) is 6.04 Å². The van der Waals surface area contributed by atoms with Crippen molar-refractivity contribution >= 4 is 11.9 Å². The summed E-state index contributed by atoms with van der Waals surface area (Å²) in [5.41, 5.74) is 0.967. The maximum atomic E-state index is 12.2. The van der Waals surface area contributed by atoms with Crippen molar-refractivity contribution in [1.82, 2.24) is 5.32 Å². The van der Waals surface area contributed by atoms with E-state index in [4.69, 9.17) is 9.47 Å². The van der Waals surface area contributed by atoms with Crippen molar-refractivity contribution in [2.45, 2.75) is 89.9 Å². The molecule has 0 aliphatic rings. The SMILES string of the molecule is COCCCCCCCCCCCC(=O)N[C@@H](C(=O)O)C(C)OCc1ccccc1. The van der Waals surface area contributed by atoms with Gasteiger partial charge < -0.3 is 19.9 Å². The molecule has 0 spiro atoms. The maximum Gasteiger partial charge on any atom is 0.328 e. The Morgan fingerprint density at radius 1 is 0.933 bits per heavy atom. The minimum Gasteiger partial charge on any atom is -0.480 e. The topological polar surface area (TPSA) is 84.9 Å². The van der Waals surface area contributed by atoms with Crippen LogP contribution in [0.25, 0.3) is 0 Å². The zero-order valence-corrected chi connectivity index (χ0v) is 18.6. The van der Waals surface area contributed by atoms with Gasteiger partial charge in [0.25, 0.3) is 0 Å². The molecule has 0 heterocycles. The van der Waals surface area contributed by atoms with Gasteiger partial charge in [0, 0.05) is 20.1 Å². The Balaban J connectivity index is 2.14. The number of hydrogen-bond acceptors (Lipinski definition) is 4. The number of carboxylic acid groups (broad SMARTS) is 1. The summed E-state index contributed by atoms with van der Waals surface area (Å²) in [5, 5.41) is 12.1. The minimum atomic E-state index is -1.07. The predicted octanol–water partition coefficient (Wildman–Crippen LogP) is 4.71. The highest BCUT2D eigenvalue weighted by molar-refractivity contribution is 5.83. The van der Waals surface area contributed by atoms with Gasteiger partial charge in [0.05, 0.1) is 12.7 Å². The Bertz CT molecular complexity index is 578. The minimum absolute atomic E-state index is 0.226. The van der Waals surface area contributed by atoms with Gasteiger partial charge in [0.2, 0.25) is 5.91 Å². The van der Waals surface area contributed by atoms with Gasteiger partial charge in [-0.15, -0.1) is 0 Å². The van der Waals surface area contributed by atoms with Crippen molar-refractivity contribution in [3.63, 3.8) is 0 Å². The Hall–Kier alpha value is -1.92. The predicted molar refractivity (Wildman–Crippen MR) is 118 cm³/mol. The van der Waals surface area contributed by atoms with E-state index in [0.29, 0.717) is 13.0 Å². The summed E-state index contributed by atoms with van der Waals surface area (Å²) in [6.07, 6.45) is 9.93. The number of benzene rings is 1. The smallest absolute Gasteiger partial charge is 0.328 e. The van der Waals surface area contributed by atoms with Crippen molar-refractivity contribution in [1.29, 1.82) is 0 Å². The molecular weight excluding hydrogens is 382 g/mol. The molecule has 0 saturated carbocycles. The molecule has 2 atom stereocenters. The molecule has 0 bridgehead atoms.